The molecule has 0 radical (unpaired) electrons. The van der Waals surface area contributed by atoms with Crippen LogP contribution in [0.4, 0.5) is 0 Å². The molecule has 9 heteroatoms. The fourth-order valence-electron chi connectivity index (χ4n) is 5.58. The molecule has 0 saturated carbocycles. The first kappa shape index (κ1) is 27.7. The number of benzene rings is 4. The zero-order valence-electron chi connectivity index (χ0n) is 22.8. The molecule has 0 spiro atoms. The van der Waals surface area contributed by atoms with Crippen LogP contribution in [-0.2, 0) is 6.42 Å². The SMILES string of the molecule is CC(C)=CCc1c2c(O)c3c(O)c([C@H](O)CC=C(C)C)cc(=O)c3c(O)c2c2c(O)c3c(=O)ccc(=O)c3c(O)c12. The van der Waals surface area contributed by atoms with Crippen molar-refractivity contribution < 1.29 is 30.6 Å². The normalized spacial score (nSPS) is 12.4. The zero-order chi connectivity index (χ0) is 30.1. The molecule has 0 aliphatic rings. The highest BCUT2D eigenvalue weighted by atomic mass is 16.3. The highest BCUT2D eigenvalue weighted by Gasteiger charge is 2.31. The van der Waals surface area contributed by atoms with E-state index in [1.165, 1.54) is 0 Å². The van der Waals surface area contributed by atoms with Crippen molar-refractivity contribution in [2.75, 3.05) is 0 Å². The van der Waals surface area contributed by atoms with Crippen LogP contribution < -0.4 is 16.3 Å². The van der Waals surface area contributed by atoms with Gasteiger partial charge in [-0.1, -0.05) is 23.3 Å². The maximum atomic E-state index is 13.3. The number of fused-ring (bicyclic) bond motifs is 5. The van der Waals surface area contributed by atoms with Gasteiger partial charge in [-0.3, -0.25) is 14.4 Å². The van der Waals surface area contributed by atoms with E-state index in [-0.39, 0.29) is 45.5 Å². The molecule has 0 aliphatic carbocycles. The Bertz CT molecular complexity index is 2150. The minimum atomic E-state index is -1.30. The Morgan fingerprint density at radius 3 is 1.54 bits per heavy atom. The molecule has 9 nitrogen and oxygen atoms in total. The van der Waals surface area contributed by atoms with Crippen LogP contribution in [0, 0.1) is 0 Å². The molecular formula is C32H28O9. The molecule has 0 aliphatic heterocycles. The van der Waals surface area contributed by atoms with Crippen molar-refractivity contribution in [2.24, 2.45) is 0 Å². The maximum Gasteiger partial charge on any atom is 0.190 e. The maximum absolute atomic E-state index is 13.3. The van der Waals surface area contributed by atoms with Crippen LogP contribution >= 0.6 is 0 Å². The topological polar surface area (TPSA) is 173 Å². The summed E-state index contributed by atoms with van der Waals surface area (Å²) in [4.78, 5) is 38.8. The minimum Gasteiger partial charge on any atom is -0.507 e. The summed E-state index contributed by atoms with van der Waals surface area (Å²) in [5.41, 5.74) is -0.525. The Kier molecular flexibility index (Phi) is 6.50. The van der Waals surface area contributed by atoms with Gasteiger partial charge in [0.2, 0.25) is 0 Å². The number of phenolic OH excluding ortho intramolecular Hbond substituents is 5. The summed E-state index contributed by atoms with van der Waals surface area (Å²) < 4.78 is 0. The van der Waals surface area contributed by atoms with Gasteiger partial charge in [0.15, 0.2) is 16.3 Å². The van der Waals surface area contributed by atoms with Crippen molar-refractivity contribution in [3.05, 3.63) is 83.3 Å². The number of allylic oxidation sites excluding steroid dienone is 3. The lowest BCUT2D eigenvalue weighted by Gasteiger charge is -2.15. The fourth-order valence-corrected chi connectivity index (χ4v) is 5.58. The molecule has 5 rings (SSSR count). The van der Waals surface area contributed by atoms with Crippen molar-refractivity contribution in [3.63, 3.8) is 0 Å². The average Bonchev–Trinajstić information content (AvgIpc) is 3.26. The molecule has 0 aromatic heterocycles. The van der Waals surface area contributed by atoms with Crippen LogP contribution in [0.1, 0.15) is 51.3 Å². The molecule has 6 N–H and O–H groups in total. The second-order valence-electron chi connectivity index (χ2n) is 10.8. The first-order valence-electron chi connectivity index (χ1n) is 12.9. The zero-order valence-corrected chi connectivity index (χ0v) is 22.8. The summed E-state index contributed by atoms with van der Waals surface area (Å²) in [6, 6.07) is 2.89. The predicted molar refractivity (Wildman–Crippen MR) is 158 cm³/mol. The number of aliphatic hydroxyl groups excluding tert-OH is 1. The van der Waals surface area contributed by atoms with E-state index in [2.05, 4.69) is 0 Å². The molecule has 0 heterocycles. The van der Waals surface area contributed by atoms with E-state index >= 15 is 0 Å². The van der Waals surface area contributed by atoms with E-state index in [1.807, 2.05) is 27.7 Å². The first-order valence-corrected chi connectivity index (χ1v) is 12.9. The third-order valence-corrected chi connectivity index (χ3v) is 7.49. The van der Waals surface area contributed by atoms with Crippen LogP contribution in [-0.4, -0.2) is 30.6 Å². The molecule has 0 fully saturated rings. The van der Waals surface area contributed by atoms with Crippen LogP contribution in [0.25, 0.3) is 43.1 Å². The highest BCUT2D eigenvalue weighted by molar-refractivity contribution is 6.31. The Morgan fingerprint density at radius 2 is 1.05 bits per heavy atom. The second-order valence-corrected chi connectivity index (χ2v) is 10.8. The Morgan fingerprint density at radius 1 is 0.610 bits per heavy atom. The molecule has 1 atom stereocenters. The largest absolute Gasteiger partial charge is 0.507 e. The van der Waals surface area contributed by atoms with Gasteiger partial charge in [-0.2, -0.15) is 0 Å². The van der Waals surface area contributed by atoms with Crippen molar-refractivity contribution >= 4 is 43.1 Å². The van der Waals surface area contributed by atoms with Gasteiger partial charge >= 0.3 is 0 Å². The molecule has 210 valence electrons. The molecule has 0 saturated heterocycles. The quantitative estimate of drug-likeness (QED) is 0.133. The van der Waals surface area contributed by atoms with Crippen molar-refractivity contribution in [1.82, 2.24) is 0 Å². The number of phenols is 5. The van der Waals surface area contributed by atoms with Crippen molar-refractivity contribution in [2.45, 2.75) is 46.6 Å². The number of hydrogen-bond donors (Lipinski definition) is 6. The number of aromatic hydroxyl groups is 5. The second kappa shape index (κ2) is 9.64. The molecule has 0 amide bonds. The summed E-state index contributed by atoms with van der Waals surface area (Å²) in [5, 5.41) is 65.3. The van der Waals surface area contributed by atoms with E-state index in [4.69, 9.17) is 0 Å². The lowest BCUT2D eigenvalue weighted by Crippen LogP contribution is -2.09. The van der Waals surface area contributed by atoms with Crippen molar-refractivity contribution in [1.29, 1.82) is 0 Å². The molecule has 5 aromatic rings. The Balaban J connectivity index is 2.08. The standard InChI is InChI=1S/C32H28O9/c1-12(2)5-7-14-20-25(31(40)23-18(35)10-9-17(34)22(23)29(20)38)26-21(14)30(39)27-24(32(26)41)19(36)11-15(28(27)37)16(33)8-6-13(3)4/h5-6,9-11,16,33,37-41H,7-8H2,1-4H3/t16-/m1/s1. The van der Waals surface area contributed by atoms with Gasteiger partial charge in [-0.25, -0.2) is 0 Å². The van der Waals surface area contributed by atoms with Crippen LogP contribution in [0.2, 0.25) is 0 Å². The summed E-state index contributed by atoms with van der Waals surface area (Å²) in [6.07, 6.45) is 2.28. The molecule has 41 heavy (non-hydrogen) atoms. The molecule has 0 bridgehead atoms. The first-order chi connectivity index (χ1) is 19.3. The Labute approximate surface area is 232 Å². The van der Waals surface area contributed by atoms with Crippen LogP contribution in [0.5, 0.6) is 28.7 Å². The fraction of sp³-hybridized carbons (Fsp3) is 0.219. The van der Waals surface area contributed by atoms with E-state index in [0.717, 1.165) is 29.3 Å². The number of hydrogen-bond acceptors (Lipinski definition) is 9. The van der Waals surface area contributed by atoms with Gasteiger partial charge in [-0.15, -0.1) is 0 Å². The highest BCUT2D eigenvalue weighted by Crippen LogP contribution is 2.55. The van der Waals surface area contributed by atoms with Crippen LogP contribution in [0.3, 0.4) is 0 Å². The summed E-state index contributed by atoms with van der Waals surface area (Å²) >= 11 is 0. The van der Waals surface area contributed by atoms with E-state index in [9.17, 15) is 45.0 Å². The van der Waals surface area contributed by atoms with Gasteiger partial charge in [0, 0.05) is 27.1 Å². The lowest BCUT2D eigenvalue weighted by molar-refractivity contribution is 0.177. The molecular weight excluding hydrogens is 528 g/mol. The smallest absolute Gasteiger partial charge is 0.190 e. The summed E-state index contributed by atoms with van der Waals surface area (Å²) in [5.74, 6) is -3.31. The van der Waals surface area contributed by atoms with Crippen molar-refractivity contribution in [3.8, 4) is 28.7 Å². The number of rotatable bonds is 5. The van der Waals surface area contributed by atoms with Gasteiger partial charge in [0.1, 0.15) is 28.7 Å². The number of aliphatic hydroxyl groups is 1. The third kappa shape index (κ3) is 4.00. The van der Waals surface area contributed by atoms with Gasteiger partial charge in [-0.05, 0) is 64.3 Å². The van der Waals surface area contributed by atoms with E-state index in [1.54, 1.807) is 12.2 Å². The minimum absolute atomic E-state index is 0.0402. The monoisotopic (exact) mass is 556 g/mol. The van der Waals surface area contributed by atoms with Crippen LogP contribution in [0.15, 0.2) is 55.9 Å². The van der Waals surface area contributed by atoms with Gasteiger partial charge in [0.25, 0.3) is 0 Å². The summed E-state index contributed by atoms with van der Waals surface area (Å²) in [7, 11) is 0. The van der Waals surface area contributed by atoms with Gasteiger partial charge in [0.05, 0.1) is 27.6 Å². The molecule has 0 unspecified atom stereocenters. The lowest BCUT2D eigenvalue weighted by atomic mass is 9.94. The Hall–Kier alpha value is -4.89. The predicted octanol–water partition coefficient (Wildman–Crippen LogP) is 4.68. The van der Waals surface area contributed by atoms with E-state index < -0.39 is 72.7 Å². The average molecular weight is 557 g/mol. The summed E-state index contributed by atoms with van der Waals surface area (Å²) in [6.45, 7) is 7.25. The van der Waals surface area contributed by atoms with E-state index in [0.29, 0.717) is 0 Å². The van der Waals surface area contributed by atoms with Gasteiger partial charge < -0.3 is 30.6 Å². The molecule has 5 aromatic carbocycles. The third-order valence-electron chi connectivity index (χ3n) is 7.49.